The molecule has 0 spiro atoms. The highest BCUT2D eigenvalue weighted by atomic mass is 16.3. The van der Waals surface area contributed by atoms with E-state index in [2.05, 4.69) is 26.7 Å². The lowest BCUT2D eigenvalue weighted by Crippen LogP contribution is -2.36. The topological polar surface area (TPSA) is 86.2 Å². The van der Waals surface area contributed by atoms with E-state index in [1.54, 1.807) is 19.4 Å². The molecule has 0 radical (unpaired) electrons. The first kappa shape index (κ1) is 18.2. The van der Waals surface area contributed by atoms with Crippen molar-refractivity contribution in [1.82, 2.24) is 15.6 Å². The van der Waals surface area contributed by atoms with E-state index in [1.165, 1.54) is 5.56 Å². The molecule has 1 aromatic heterocycles. The van der Waals surface area contributed by atoms with Crippen molar-refractivity contribution >= 4 is 5.96 Å². The highest BCUT2D eigenvalue weighted by molar-refractivity contribution is 5.79. The second-order valence-corrected chi connectivity index (χ2v) is 6.10. The van der Waals surface area contributed by atoms with E-state index in [-0.39, 0.29) is 0 Å². The van der Waals surface area contributed by atoms with Crippen molar-refractivity contribution in [2.45, 2.75) is 20.0 Å². The molecule has 3 rings (SSSR count). The number of aryl methyl sites for hydroxylation is 1. The van der Waals surface area contributed by atoms with Crippen LogP contribution in [-0.4, -0.2) is 18.0 Å². The molecule has 0 unspecified atom stereocenters. The fourth-order valence-corrected chi connectivity index (χ4v) is 2.55. The number of nitrogens with one attached hydrogen (secondary N) is 2. The van der Waals surface area contributed by atoms with Gasteiger partial charge in [-0.2, -0.15) is 5.26 Å². The SMILES string of the molecule is CN=C(NCc1cccc(C#N)c1)NCc1coc(-c2ccc(C)cc2)n1. The Morgan fingerprint density at radius 3 is 2.67 bits per heavy atom. The summed E-state index contributed by atoms with van der Waals surface area (Å²) in [5.41, 5.74) is 4.60. The van der Waals surface area contributed by atoms with Crippen molar-refractivity contribution in [3.8, 4) is 17.5 Å². The predicted molar refractivity (Wildman–Crippen MR) is 105 cm³/mol. The van der Waals surface area contributed by atoms with Crippen LogP contribution in [0, 0.1) is 18.3 Å². The third-order valence-corrected chi connectivity index (χ3v) is 4.03. The average molecular weight is 359 g/mol. The summed E-state index contributed by atoms with van der Waals surface area (Å²) in [6, 6.07) is 17.7. The van der Waals surface area contributed by atoms with E-state index >= 15 is 0 Å². The Kier molecular flexibility index (Phi) is 5.85. The largest absolute Gasteiger partial charge is 0.444 e. The molecule has 0 amide bonds. The van der Waals surface area contributed by atoms with Gasteiger partial charge in [-0.1, -0.05) is 29.8 Å². The normalized spacial score (nSPS) is 11.1. The smallest absolute Gasteiger partial charge is 0.226 e. The first-order chi connectivity index (χ1) is 13.2. The minimum atomic E-state index is 0.493. The van der Waals surface area contributed by atoms with E-state index < -0.39 is 0 Å². The summed E-state index contributed by atoms with van der Waals surface area (Å²) in [7, 11) is 1.71. The molecule has 0 aliphatic heterocycles. The van der Waals surface area contributed by atoms with E-state index in [0.717, 1.165) is 16.8 Å². The maximum Gasteiger partial charge on any atom is 0.226 e. The summed E-state index contributed by atoms with van der Waals surface area (Å²) in [6.45, 7) is 3.11. The fraction of sp³-hybridized carbons (Fsp3) is 0.190. The number of aromatic nitrogens is 1. The lowest BCUT2D eigenvalue weighted by atomic mass is 10.1. The summed E-state index contributed by atoms with van der Waals surface area (Å²) >= 11 is 0. The van der Waals surface area contributed by atoms with Crippen molar-refractivity contribution in [2.75, 3.05) is 7.05 Å². The number of hydrogen-bond acceptors (Lipinski definition) is 4. The van der Waals surface area contributed by atoms with Crippen LogP contribution >= 0.6 is 0 Å². The molecular formula is C21H21N5O. The molecule has 6 heteroatoms. The van der Waals surface area contributed by atoms with Gasteiger partial charge in [-0.25, -0.2) is 4.98 Å². The molecule has 27 heavy (non-hydrogen) atoms. The first-order valence-electron chi connectivity index (χ1n) is 8.63. The fourth-order valence-electron chi connectivity index (χ4n) is 2.55. The number of guanidine groups is 1. The van der Waals surface area contributed by atoms with Crippen LogP contribution in [0.5, 0.6) is 0 Å². The zero-order valence-electron chi connectivity index (χ0n) is 15.4. The van der Waals surface area contributed by atoms with Gasteiger partial charge in [0.1, 0.15) is 6.26 Å². The van der Waals surface area contributed by atoms with Crippen molar-refractivity contribution < 1.29 is 4.42 Å². The molecule has 6 nitrogen and oxygen atoms in total. The maximum absolute atomic E-state index is 8.97. The molecule has 2 aromatic carbocycles. The zero-order chi connectivity index (χ0) is 19.1. The van der Waals surface area contributed by atoms with Crippen LogP contribution in [0.25, 0.3) is 11.5 Å². The average Bonchev–Trinajstić information content (AvgIpc) is 3.18. The van der Waals surface area contributed by atoms with Gasteiger partial charge < -0.3 is 15.1 Å². The Hall–Kier alpha value is -3.59. The minimum Gasteiger partial charge on any atom is -0.444 e. The number of hydrogen-bond donors (Lipinski definition) is 2. The van der Waals surface area contributed by atoms with Crippen molar-refractivity contribution in [3.05, 3.63) is 77.2 Å². The molecule has 1 heterocycles. The number of oxazole rings is 1. The van der Waals surface area contributed by atoms with Gasteiger partial charge in [0.25, 0.3) is 0 Å². The predicted octanol–water partition coefficient (Wildman–Crippen LogP) is 3.39. The third-order valence-electron chi connectivity index (χ3n) is 4.03. The molecule has 0 fully saturated rings. The first-order valence-corrected chi connectivity index (χ1v) is 8.63. The number of nitriles is 1. The van der Waals surface area contributed by atoms with Crippen LogP contribution in [0.3, 0.4) is 0 Å². The molecule has 0 aliphatic rings. The number of nitrogens with zero attached hydrogens (tertiary/aromatic N) is 3. The number of benzene rings is 2. The maximum atomic E-state index is 8.97. The lowest BCUT2D eigenvalue weighted by Gasteiger charge is -2.11. The molecule has 2 N–H and O–H groups in total. The third kappa shape index (κ3) is 4.95. The van der Waals surface area contributed by atoms with Crippen LogP contribution in [0.4, 0.5) is 0 Å². The van der Waals surface area contributed by atoms with Crippen molar-refractivity contribution in [2.24, 2.45) is 4.99 Å². The zero-order valence-corrected chi connectivity index (χ0v) is 15.4. The van der Waals surface area contributed by atoms with Crippen molar-refractivity contribution in [1.29, 1.82) is 5.26 Å². The molecular weight excluding hydrogens is 338 g/mol. The van der Waals surface area contributed by atoms with Gasteiger partial charge in [-0.05, 0) is 36.8 Å². The summed E-state index contributed by atoms with van der Waals surface area (Å²) < 4.78 is 5.57. The van der Waals surface area contributed by atoms with Crippen molar-refractivity contribution in [3.63, 3.8) is 0 Å². The van der Waals surface area contributed by atoms with Gasteiger partial charge in [0.05, 0.1) is 23.9 Å². The standard InChI is InChI=1S/C21H21N5O/c1-15-6-8-18(9-7-15)20-26-19(14-27-20)13-25-21(23-2)24-12-17-5-3-4-16(10-17)11-22/h3-10,14H,12-13H2,1-2H3,(H2,23,24,25). The summed E-state index contributed by atoms with van der Waals surface area (Å²) in [5.74, 6) is 1.25. The monoisotopic (exact) mass is 359 g/mol. The van der Waals surface area contributed by atoms with Crippen LogP contribution in [0.15, 0.2) is 64.2 Å². The molecule has 0 aliphatic carbocycles. The highest BCUT2D eigenvalue weighted by Crippen LogP contribution is 2.18. The Morgan fingerprint density at radius 2 is 1.93 bits per heavy atom. The van der Waals surface area contributed by atoms with Crippen LogP contribution in [-0.2, 0) is 13.1 Å². The quantitative estimate of drug-likeness (QED) is 0.539. The van der Waals surface area contributed by atoms with E-state index in [0.29, 0.717) is 30.5 Å². The van der Waals surface area contributed by atoms with Gasteiger partial charge in [0.2, 0.25) is 5.89 Å². The van der Waals surface area contributed by atoms with E-state index in [1.807, 2.05) is 49.4 Å². The Morgan fingerprint density at radius 1 is 1.15 bits per heavy atom. The molecule has 0 bridgehead atoms. The second-order valence-electron chi connectivity index (χ2n) is 6.10. The van der Waals surface area contributed by atoms with E-state index in [9.17, 15) is 0 Å². The molecule has 0 saturated heterocycles. The number of aliphatic imine (C=N–C) groups is 1. The Labute approximate surface area is 158 Å². The molecule has 3 aromatic rings. The minimum absolute atomic E-state index is 0.493. The Balaban J connectivity index is 1.55. The summed E-state index contributed by atoms with van der Waals surface area (Å²) in [6.07, 6.45) is 1.64. The summed E-state index contributed by atoms with van der Waals surface area (Å²) in [5, 5.41) is 15.4. The molecule has 136 valence electrons. The van der Waals surface area contributed by atoms with Gasteiger partial charge in [-0.15, -0.1) is 0 Å². The number of rotatable bonds is 5. The van der Waals surface area contributed by atoms with Gasteiger partial charge in [0.15, 0.2) is 5.96 Å². The molecule has 0 atom stereocenters. The van der Waals surface area contributed by atoms with Crippen LogP contribution < -0.4 is 10.6 Å². The van der Waals surface area contributed by atoms with Crippen LogP contribution in [0.2, 0.25) is 0 Å². The van der Waals surface area contributed by atoms with Gasteiger partial charge >= 0.3 is 0 Å². The van der Waals surface area contributed by atoms with Crippen LogP contribution in [0.1, 0.15) is 22.4 Å². The highest BCUT2D eigenvalue weighted by Gasteiger charge is 2.07. The lowest BCUT2D eigenvalue weighted by molar-refractivity contribution is 0.572. The summed E-state index contributed by atoms with van der Waals surface area (Å²) in [4.78, 5) is 8.72. The second kappa shape index (κ2) is 8.68. The molecule has 0 saturated carbocycles. The van der Waals surface area contributed by atoms with E-state index in [4.69, 9.17) is 9.68 Å². The Bertz CT molecular complexity index is 967. The van der Waals surface area contributed by atoms with Gasteiger partial charge in [0, 0.05) is 19.2 Å². The van der Waals surface area contributed by atoms with Gasteiger partial charge in [-0.3, -0.25) is 4.99 Å².